The Morgan fingerprint density at radius 1 is 1.57 bits per heavy atom. The van der Waals surface area contributed by atoms with Crippen LogP contribution in [0.2, 0.25) is 0 Å². The van der Waals surface area contributed by atoms with E-state index in [0.29, 0.717) is 11.8 Å². The summed E-state index contributed by atoms with van der Waals surface area (Å²) in [6, 6.07) is 0. The second-order valence-electron chi connectivity index (χ2n) is 4.08. The third kappa shape index (κ3) is 3.03. The molecule has 0 aromatic rings. The van der Waals surface area contributed by atoms with Crippen molar-refractivity contribution in [1.82, 2.24) is 0 Å². The summed E-state index contributed by atoms with van der Waals surface area (Å²) >= 11 is 0. The van der Waals surface area contributed by atoms with Crippen LogP contribution < -0.4 is 0 Å². The number of allylic oxidation sites excluding steroid dienone is 1. The van der Waals surface area contributed by atoms with Gasteiger partial charge in [0.15, 0.2) is 0 Å². The molecule has 1 heteroatoms. The lowest BCUT2D eigenvalue weighted by molar-refractivity contribution is 0.597. The summed E-state index contributed by atoms with van der Waals surface area (Å²) < 4.78 is 0. The van der Waals surface area contributed by atoms with E-state index in [1.54, 1.807) is 0 Å². The van der Waals surface area contributed by atoms with E-state index in [4.69, 9.17) is 6.42 Å². The standard InChI is InChI=1S/C13H19N/c1-4-11(3)9-14-10-13-8-6-7-12(13)5-2/h1,5,10-13H,2,6-9H2,3H3/t11-,12-,13?/m1/s1. The van der Waals surface area contributed by atoms with E-state index in [1.165, 1.54) is 19.3 Å². The van der Waals surface area contributed by atoms with Crippen molar-refractivity contribution in [3.63, 3.8) is 0 Å². The molecular formula is C13H19N. The van der Waals surface area contributed by atoms with E-state index in [1.807, 2.05) is 6.92 Å². The van der Waals surface area contributed by atoms with Crippen LogP contribution in [-0.2, 0) is 0 Å². The molecule has 76 valence electrons. The molecule has 0 spiro atoms. The van der Waals surface area contributed by atoms with Gasteiger partial charge in [-0.25, -0.2) is 0 Å². The summed E-state index contributed by atoms with van der Waals surface area (Å²) in [5, 5.41) is 0. The van der Waals surface area contributed by atoms with Crippen molar-refractivity contribution in [2.75, 3.05) is 6.54 Å². The molecule has 0 aromatic heterocycles. The second kappa shape index (κ2) is 5.65. The molecule has 1 nitrogen and oxygen atoms in total. The first-order valence-corrected chi connectivity index (χ1v) is 5.36. The van der Waals surface area contributed by atoms with Crippen LogP contribution >= 0.6 is 0 Å². The van der Waals surface area contributed by atoms with Crippen LogP contribution in [0.25, 0.3) is 0 Å². The summed E-state index contributed by atoms with van der Waals surface area (Å²) in [5.41, 5.74) is 0. The molecule has 1 saturated carbocycles. The van der Waals surface area contributed by atoms with E-state index >= 15 is 0 Å². The highest BCUT2D eigenvalue weighted by Gasteiger charge is 2.22. The molecule has 0 aromatic carbocycles. The first-order valence-electron chi connectivity index (χ1n) is 5.36. The molecule has 0 radical (unpaired) electrons. The molecule has 0 heterocycles. The lowest BCUT2D eigenvalue weighted by Gasteiger charge is -2.09. The number of terminal acetylenes is 1. The topological polar surface area (TPSA) is 12.4 Å². The minimum absolute atomic E-state index is 0.259. The van der Waals surface area contributed by atoms with Gasteiger partial charge in [0.1, 0.15) is 0 Å². The molecule has 1 unspecified atom stereocenters. The predicted molar refractivity (Wildman–Crippen MR) is 62.4 cm³/mol. The fraction of sp³-hybridized carbons (Fsp3) is 0.615. The Bertz CT molecular complexity index is 246. The third-order valence-corrected chi connectivity index (χ3v) is 2.89. The van der Waals surface area contributed by atoms with Crippen LogP contribution in [-0.4, -0.2) is 12.8 Å². The number of aliphatic imine (C=N–C) groups is 1. The molecule has 1 fully saturated rings. The first-order chi connectivity index (χ1) is 6.77. The van der Waals surface area contributed by atoms with Gasteiger partial charge in [-0.2, -0.15) is 0 Å². The van der Waals surface area contributed by atoms with Gasteiger partial charge in [0.2, 0.25) is 0 Å². The van der Waals surface area contributed by atoms with Crippen molar-refractivity contribution in [3.05, 3.63) is 12.7 Å². The van der Waals surface area contributed by atoms with Crippen molar-refractivity contribution in [1.29, 1.82) is 0 Å². The van der Waals surface area contributed by atoms with Crippen molar-refractivity contribution in [3.8, 4) is 12.3 Å². The maximum absolute atomic E-state index is 5.28. The number of hydrogen-bond acceptors (Lipinski definition) is 1. The van der Waals surface area contributed by atoms with Gasteiger partial charge in [-0.05, 0) is 25.7 Å². The minimum Gasteiger partial charge on any atom is -0.296 e. The van der Waals surface area contributed by atoms with Crippen LogP contribution in [0.5, 0.6) is 0 Å². The Labute approximate surface area is 87.3 Å². The van der Waals surface area contributed by atoms with Crippen LogP contribution in [0.15, 0.2) is 17.6 Å². The third-order valence-electron chi connectivity index (χ3n) is 2.89. The van der Waals surface area contributed by atoms with Crippen molar-refractivity contribution in [2.24, 2.45) is 22.7 Å². The van der Waals surface area contributed by atoms with Crippen LogP contribution in [0.3, 0.4) is 0 Å². The van der Waals surface area contributed by atoms with Gasteiger partial charge in [0.25, 0.3) is 0 Å². The fourth-order valence-electron chi connectivity index (χ4n) is 1.90. The average molecular weight is 189 g/mol. The maximum atomic E-state index is 5.28. The molecule has 3 atom stereocenters. The molecule has 1 aliphatic rings. The van der Waals surface area contributed by atoms with Crippen molar-refractivity contribution < 1.29 is 0 Å². The van der Waals surface area contributed by atoms with E-state index < -0.39 is 0 Å². The summed E-state index contributed by atoms with van der Waals surface area (Å²) in [5.74, 6) is 4.19. The monoisotopic (exact) mass is 189 g/mol. The molecule has 1 rings (SSSR count). The lowest BCUT2D eigenvalue weighted by atomic mass is 9.98. The highest BCUT2D eigenvalue weighted by Crippen LogP contribution is 2.30. The Balaban J connectivity index is 2.36. The van der Waals surface area contributed by atoms with E-state index in [-0.39, 0.29) is 5.92 Å². The zero-order chi connectivity index (χ0) is 10.4. The van der Waals surface area contributed by atoms with Gasteiger partial charge in [0.05, 0.1) is 6.54 Å². The molecule has 0 N–H and O–H groups in total. The summed E-state index contributed by atoms with van der Waals surface area (Å²) in [6.07, 6.45) is 13.3. The summed E-state index contributed by atoms with van der Waals surface area (Å²) in [7, 11) is 0. The van der Waals surface area contributed by atoms with E-state index in [9.17, 15) is 0 Å². The minimum atomic E-state index is 0.259. The zero-order valence-electron chi connectivity index (χ0n) is 8.95. The van der Waals surface area contributed by atoms with Gasteiger partial charge < -0.3 is 0 Å². The quantitative estimate of drug-likeness (QED) is 0.366. The summed E-state index contributed by atoms with van der Waals surface area (Å²) in [4.78, 5) is 4.41. The maximum Gasteiger partial charge on any atom is 0.0520 e. The predicted octanol–water partition coefficient (Wildman–Crippen LogP) is 2.93. The van der Waals surface area contributed by atoms with Crippen LogP contribution in [0.1, 0.15) is 26.2 Å². The molecular weight excluding hydrogens is 170 g/mol. The zero-order valence-corrected chi connectivity index (χ0v) is 8.95. The molecule has 0 bridgehead atoms. The number of hydrogen-bond donors (Lipinski definition) is 0. The van der Waals surface area contributed by atoms with Crippen LogP contribution in [0.4, 0.5) is 0 Å². The average Bonchev–Trinajstić information content (AvgIpc) is 2.65. The van der Waals surface area contributed by atoms with E-state index in [2.05, 4.69) is 29.8 Å². The van der Waals surface area contributed by atoms with Gasteiger partial charge in [-0.15, -0.1) is 18.9 Å². The molecule has 1 aliphatic carbocycles. The van der Waals surface area contributed by atoms with Gasteiger partial charge in [0, 0.05) is 18.1 Å². The number of nitrogens with zero attached hydrogens (tertiary/aromatic N) is 1. The lowest BCUT2D eigenvalue weighted by Crippen LogP contribution is -2.07. The summed E-state index contributed by atoms with van der Waals surface area (Å²) in [6.45, 7) is 6.64. The molecule has 0 saturated heterocycles. The Kier molecular flexibility index (Phi) is 4.46. The highest BCUT2D eigenvalue weighted by atomic mass is 14.7. The Morgan fingerprint density at radius 3 is 2.93 bits per heavy atom. The smallest absolute Gasteiger partial charge is 0.0520 e. The largest absolute Gasteiger partial charge is 0.296 e. The SMILES string of the molecule is C#C[C@@H](C)CN=CC1CCC[C@H]1C=C. The van der Waals surface area contributed by atoms with Crippen molar-refractivity contribution in [2.45, 2.75) is 26.2 Å². The molecule has 0 aliphatic heterocycles. The van der Waals surface area contributed by atoms with Gasteiger partial charge in [-0.3, -0.25) is 4.99 Å². The van der Waals surface area contributed by atoms with E-state index in [0.717, 1.165) is 6.54 Å². The molecule has 0 amide bonds. The Morgan fingerprint density at radius 2 is 2.29 bits per heavy atom. The van der Waals surface area contributed by atoms with Gasteiger partial charge >= 0.3 is 0 Å². The van der Waals surface area contributed by atoms with Crippen molar-refractivity contribution >= 4 is 6.21 Å². The Hall–Kier alpha value is -1.03. The first kappa shape index (κ1) is 11.0. The fourth-order valence-corrected chi connectivity index (χ4v) is 1.90. The molecule has 14 heavy (non-hydrogen) atoms. The van der Waals surface area contributed by atoms with Crippen LogP contribution in [0, 0.1) is 30.1 Å². The number of rotatable bonds is 4. The normalized spacial score (nSPS) is 28.9. The second-order valence-corrected chi connectivity index (χ2v) is 4.08. The van der Waals surface area contributed by atoms with Gasteiger partial charge in [-0.1, -0.05) is 12.5 Å². The highest BCUT2D eigenvalue weighted by molar-refractivity contribution is 5.62.